The Hall–Kier alpha value is -1.36. The van der Waals surface area contributed by atoms with Crippen LogP contribution in [-0.4, -0.2) is 16.5 Å². The van der Waals surface area contributed by atoms with Crippen molar-refractivity contribution in [1.29, 1.82) is 0 Å². The van der Waals surface area contributed by atoms with Crippen LogP contribution in [0.15, 0.2) is 0 Å². The van der Waals surface area contributed by atoms with Crippen LogP contribution >= 0.6 is 0 Å². The van der Waals surface area contributed by atoms with E-state index in [9.17, 15) is 0 Å². The lowest BCUT2D eigenvalue weighted by Gasteiger charge is -2.19. The molecule has 0 atom stereocenters. The molecule has 0 amide bonds. The van der Waals surface area contributed by atoms with Crippen LogP contribution in [0.25, 0.3) is 0 Å². The van der Waals surface area contributed by atoms with E-state index in [4.69, 9.17) is 5.84 Å². The first-order valence-corrected chi connectivity index (χ1v) is 6.45. The van der Waals surface area contributed by atoms with Crippen LogP contribution in [-0.2, 0) is 6.42 Å². The van der Waals surface area contributed by atoms with Crippen molar-refractivity contribution in [3.63, 3.8) is 0 Å². The number of hydrogen-bond acceptors (Lipinski definition) is 5. The van der Waals surface area contributed by atoms with E-state index in [1.165, 1.54) is 0 Å². The maximum Gasteiger partial charge on any atom is 0.148 e. The highest BCUT2D eigenvalue weighted by Gasteiger charge is 2.12. The summed E-state index contributed by atoms with van der Waals surface area (Å²) in [6, 6.07) is 0. The zero-order valence-corrected chi connectivity index (χ0v) is 12.1. The normalized spacial score (nSPS) is 11.4. The smallest absolute Gasteiger partial charge is 0.148 e. The fraction of sp³-hybridized carbons (Fsp3) is 0.692. The topological polar surface area (TPSA) is 75.9 Å². The highest BCUT2D eigenvalue weighted by molar-refractivity contribution is 5.56. The van der Waals surface area contributed by atoms with Gasteiger partial charge in [-0.05, 0) is 18.8 Å². The number of rotatable bonds is 5. The van der Waals surface area contributed by atoms with Gasteiger partial charge in [0, 0.05) is 18.5 Å². The first kappa shape index (κ1) is 14.7. The van der Waals surface area contributed by atoms with Crippen molar-refractivity contribution < 1.29 is 0 Å². The molecule has 0 unspecified atom stereocenters. The van der Waals surface area contributed by atoms with Crippen molar-refractivity contribution >= 4 is 11.6 Å². The molecule has 0 saturated heterocycles. The van der Waals surface area contributed by atoms with Crippen molar-refractivity contribution in [1.82, 2.24) is 9.97 Å². The zero-order chi connectivity index (χ0) is 13.8. The molecular weight excluding hydrogens is 226 g/mol. The predicted molar refractivity (Wildman–Crippen MR) is 76.5 cm³/mol. The van der Waals surface area contributed by atoms with Gasteiger partial charge in [0.2, 0.25) is 0 Å². The maximum absolute atomic E-state index is 5.47. The summed E-state index contributed by atoms with van der Waals surface area (Å²) in [7, 11) is 0. The molecule has 0 radical (unpaired) electrons. The van der Waals surface area contributed by atoms with Crippen LogP contribution in [0.5, 0.6) is 0 Å². The van der Waals surface area contributed by atoms with E-state index in [2.05, 4.69) is 41.5 Å². The summed E-state index contributed by atoms with van der Waals surface area (Å²) >= 11 is 0. The maximum atomic E-state index is 5.47. The minimum atomic E-state index is 0.316. The lowest BCUT2D eigenvalue weighted by molar-refractivity contribution is 0.389. The molecule has 1 aromatic rings. The van der Waals surface area contributed by atoms with E-state index < -0.39 is 0 Å². The van der Waals surface area contributed by atoms with Crippen LogP contribution in [0.4, 0.5) is 11.6 Å². The minimum Gasteiger partial charge on any atom is -0.370 e. The van der Waals surface area contributed by atoms with Crippen LogP contribution < -0.4 is 16.6 Å². The van der Waals surface area contributed by atoms with Crippen LogP contribution in [0.1, 0.15) is 45.5 Å². The van der Waals surface area contributed by atoms with Gasteiger partial charge in [0.1, 0.15) is 17.5 Å². The highest BCUT2D eigenvalue weighted by atomic mass is 15.3. The Bertz CT molecular complexity index is 395. The summed E-state index contributed by atoms with van der Waals surface area (Å²) in [4.78, 5) is 8.84. The van der Waals surface area contributed by atoms with Crippen LogP contribution in [0.3, 0.4) is 0 Å². The molecule has 1 heterocycles. The van der Waals surface area contributed by atoms with Crippen molar-refractivity contribution in [3.05, 3.63) is 11.4 Å². The fourth-order valence-corrected chi connectivity index (χ4v) is 1.59. The summed E-state index contributed by atoms with van der Waals surface area (Å²) in [5, 5.41) is 3.37. The number of aryl methyl sites for hydroxylation is 1. The van der Waals surface area contributed by atoms with E-state index in [0.717, 1.165) is 36.6 Å². The molecule has 5 nitrogen and oxygen atoms in total. The second-order valence-electron chi connectivity index (χ2n) is 5.70. The predicted octanol–water partition coefficient (Wildman–Crippen LogP) is 2.48. The minimum absolute atomic E-state index is 0.316. The largest absolute Gasteiger partial charge is 0.370 e. The molecule has 5 heteroatoms. The number of aromatic nitrogens is 2. The fourth-order valence-electron chi connectivity index (χ4n) is 1.59. The van der Waals surface area contributed by atoms with Gasteiger partial charge in [-0.1, -0.05) is 27.7 Å². The van der Waals surface area contributed by atoms with Gasteiger partial charge in [-0.15, -0.1) is 0 Å². The van der Waals surface area contributed by atoms with Crippen molar-refractivity contribution in [2.75, 3.05) is 17.3 Å². The quantitative estimate of drug-likeness (QED) is 0.553. The van der Waals surface area contributed by atoms with Crippen LogP contribution in [0, 0.1) is 12.3 Å². The lowest BCUT2D eigenvalue weighted by Crippen LogP contribution is -2.17. The third-order valence-electron chi connectivity index (χ3n) is 2.81. The SMILES string of the molecule is CCc1nc(NN)c(C)c(NCCC(C)(C)C)n1. The van der Waals surface area contributed by atoms with E-state index in [1.54, 1.807) is 0 Å². The van der Waals surface area contributed by atoms with E-state index >= 15 is 0 Å². The van der Waals surface area contributed by atoms with Crippen LogP contribution in [0.2, 0.25) is 0 Å². The zero-order valence-electron chi connectivity index (χ0n) is 12.1. The number of nitrogens with one attached hydrogen (secondary N) is 2. The molecule has 0 saturated carbocycles. The summed E-state index contributed by atoms with van der Waals surface area (Å²) in [6.07, 6.45) is 1.88. The third kappa shape index (κ3) is 4.14. The molecule has 0 aromatic carbocycles. The molecule has 18 heavy (non-hydrogen) atoms. The molecule has 0 spiro atoms. The van der Waals surface area contributed by atoms with Gasteiger partial charge in [0.15, 0.2) is 0 Å². The summed E-state index contributed by atoms with van der Waals surface area (Å²) in [6.45, 7) is 11.6. The second-order valence-corrected chi connectivity index (χ2v) is 5.70. The number of hydrazine groups is 1. The standard InChI is InChI=1S/C13H25N5/c1-6-10-16-11(9(2)12(17-10)18-14)15-8-7-13(3,4)5/h6-8,14H2,1-5H3,(H2,15,16,17,18). The molecule has 0 aliphatic heterocycles. The van der Waals surface area contributed by atoms with Gasteiger partial charge >= 0.3 is 0 Å². The van der Waals surface area contributed by atoms with Crippen molar-refractivity contribution in [2.45, 2.75) is 47.5 Å². The number of hydrogen-bond donors (Lipinski definition) is 3. The molecule has 4 N–H and O–H groups in total. The summed E-state index contributed by atoms with van der Waals surface area (Å²) < 4.78 is 0. The number of nitrogens with zero attached hydrogens (tertiary/aromatic N) is 2. The molecule has 1 rings (SSSR count). The molecular formula is C13H25N5. The average Bonchev–Trinajstić information content (AvgIpc) is 2.29. The van der Waals surface area contributed by atoms with Crippen molar-refractivity contribution in [2.24, 2.45) is 11.3 Å². The number of nitrogen functional groups attached to an aromatic ring is 1. The average molecular weight is 251 g/mol. The molecule has 0 aliphatic carbocycles. The number of nitrogens with two attached hydrogens (primary N) is 1. The molecule has 0 bridgehead atoms. The van der Waals surface area contributed by atoms with Gasteiger partial charge in [0.05, 0.1) is 0 Å². The molecule has 1 aromatic heterocycles. The number of anilines is 2. The summed E-state index contributed by atoms with van der Waals surface area (Å²) in [5.74, 6) is 7.84. The first-order valence-electron chi connectivity index (χ1n) is 6.45. The summed E-state index contributed by atoms with van der Waals surface area (Å²) in [5.41, 5.74) is 3.90. The first-order chi connectivity index (χ1) is 8.37. The Morgan fingerprint density at radius 3 is 2.28 bits per heavy atom. The van der Waals surface area contributed by atoms with E-state index in [0.29, 0.717) is 11.2 Å². The van der Waals surface area contributed by atoms with E-state index in [-0.39, 0.29) is 0 Å². The second kappa shape index (κ2) is 6.00. The Morgan fingerprint density at radius 1 is 1.17 bits per heavy atom. The molecule has 0 aliphatic rings. The highest BCUT2D eigenvalue weighted by Crippen LogP contribution is 2.22. The van der Waals surface area contributed by atoms with Gasteiger partial charge in [-0.25, -0.2) is 15.8 Å². The van der Waals surface area contributed by atoms with Gasteiger partial charge in [-0.2, -0.15) is 0 Å². The lowest BCUT2D eigenvalue weighted by atomic mass is 9.92. The third-order valence-corrected chi connectivity index (χ3v) is 2.81. The van der Waals surface area contributed by atoms with Gasteiger partial charge < -0.3 is 10.7 Å². The Balaban J connectivity index is 2.81. The Morgan fingerprint density at radius 2 is 1.78 bits per heavy atom. The van der Waals surface area contributed by atoms with Crippen molar-refractivity contribution in [3.8, 4) is 0 Å². The van der Waals surface area contributed by atoms with Gasteiger partial charge in [-0.3, -0.25) is 0 Å². The monoisotopic (exact) mass is 251 g/mol. The molecule has 0 fully saturated rings. The molecule has 102 valence electrons. The Kier molecular flexibility index (Phi) is 4.90. The Labute approximate surface area is 110 Å². The van der Waals surface area contributed by atoms with Gasteiger partial charge in [0.25, 0.3) is 0 Å². The van der Waals surface area contributed by atoms with E-state index in [1.807, 2.05) is 13.8 Å².